The van der Waals surface area contributed by atoms with Crippen LogP contribution in [0.2, 0.25) is 0 Å². The molecule has 26 heavy (non-hydrogen) atoms. The fraction of sp³-hybridized carbons (Fsp3) is 0.526. The van der Waals surface area contributed by atoms with Crippen molar-refractivity contribution >= 4 is 11.8 Å². The van der Waals surface area contributed by atoms with Crippen molar-refractivity contribution in [2.45, 2.75) is 18.9 Å². The van der Waals surface area contributed by atoms with Crippen molar-refractivity contribution in [2.75, 3.05) is 45.2 Å². The molecular weight excluding hydrogens is 330 g/mol. The summed E-state index contributed by atoms with van der Waals surface area (Å²) < 4.78 is 6.76. The largest absolute Gasteiger partial charge is 0.469 e. The van der Waals surface area contributed by atoms with Crippen LogP contribution in [0.3, 0.4) is 0 Å². The number of ether oxygens (including phenoxy) is 1. The lowest BCUT2D eigenvalue weighted by molar-refractivity contribution is -0.149. The van der Waals surface area contributed by atoms with Gasteiger partial charge in [0.25, 0.3) is 0 Å². The lowest BCUT2D eigenvalue weighted by Gasteiger charge is -2.33. The summed E-state index contributed by atoms with van der Waals surface area (Å²) >= 11 is 0. The van der Waals surface area contributed by atoms with Gasteiger partial charge in [-0.15, -0.1) is 0 Å². The fourth-order valence-electron chi connectivity index (χ4n) is 3.63. The average Bonchev–Trinajstić information content (AvgIpc) is 3.10. The summed E-state index contributed by atoms with van der Waals surface area (Å²) in [5.74, 6) is 0.921. The third kappa shape index (κ3) is 3.31. The van der Waals surface area contributed by atoms with Crippen LogP contribution in [0.15, 0.2) is 30.6 Å². The maximum Gasteiger partial charge on any atom is 0.308 e. The number of nitrogens with zero attached hydrogens (tertiary/aromatic N) is 5. The molecule has 1 saturated heterocycles. The molecule has 0 amide bonds. The van der Waals surface area contributed by atoms with E-state index in [0.717, 1.165) is 56.1 Å². The lowest BCUT2D eigenvalue weighted by atomic mass is 9.80. The highest BCUT2D eigenvalue weighted by atomic mass is 16.5. The third-order valence-electron chi connectivity index (χ3n) is 5.48. The Morgan fingerprint density at radius 1 is 1.19 bits per heavy atom. The van der Waals surface area contributed by atoms with Crippen molar-refractivity contribution in [3.05, 3.63) is 30.6 Å². The summed E-state index contributed by atoms with van der Waals surface area (Å²) in [6, 6.07) is 6.43. The molecule has 0 spiro atoms. The van der Waals surface area contributed by atoms with Crippen LogP contribution in [-0.2, 0) is 9.53 Å². The minimum atomic E-state index is -0.116. The molecule has 2 aromatic rings. The molecule has 1 aliphatic carbocycles. The first kappa shape index (κ1) is 17.0. The molecule has 0 bridgehead atoms. The van der Waals surface area contributed by atoms with E-state index >= 15 is 0 Å². The molecule has 3 heterocycles. The predicted molar refractivity (Wildman–Crippen MR) is 98.9 cm³/mol. The smallest absolute Gasteiger partial charge is 0.308 e. The lowest BCUT2D eigenvalue weighted by Crippen LogP contribution is -2.44. The Bertz CT molecular complexity index is 776. The van der Waals surface area contributed by atoms with Gasteiger partial charge in [-0.05, 0) is 32.0 Å². The van der Waals surface area contributed by atoms with Gasteiger partial charge in [-0.2, -0.15) is 5.10 Å². The molecule has 1 aliphatic heterocycles. The zero-order chi connectivity index (χ0) is 18.1. The van der Waals surface area contributed by atoms with Crippen LogP contribution in [0.1, 0.15) is 18.9 Å². The van der Waals surface area contributed by atoms with E-state index in [4.69, 9.17) is 9.72 Å². The van der Waals surface area contributed by atoms with E-state index < -0.39 is 0 Å². The number of aromatic nitrogens is 3. The Morgan fingerprint density at radius 2 is 1.96 bits per heavy atom. The molecule has 0 radical (unpaired) electrons. The van der Waals surface area contributed by atoms with E-state index in [1.54, 1.807) is 0 Å². The molecule has 138 valence electrons. The molecule has 2 fully saturated rings. The van der Waals surface area contributed by atoms with E-state index in [1.165, 1.54) is 7.11 Å². The molecule has 7 nitrogen and oxygen atoms in total. The molecule has 4 rings (SSSR count). The number of likely N-dealkylation sites (N-methyl/N-ethyl adjacent to an activating group) is 1. The van der Waals surface area contributed by atoms with Gasteiger partial charge < -0.3 is 14.5 Å². The minimum Gasteiger partial charge on any atom is -0.469 e. The number of methoxy groups -OCH3 is 1. The summed E-state index contributed by atoms with van der Waals surface area (Å²) in [4.78, 5) is 21.1. The number of hydrogen-bond donors (Lipinski definition) is 0. The summed E-state index contributed by atoms with van der Waals surface area (Å²) in [5, 5.41) is 4.49. The summed E-state index contributed by atoms with van der Waals surface area (Å²) in [7, 11) is 3.60. The van der Waals surface area contributed by atoms with Gasteiger partial charge in [-0.25, -0.2) is 4.98 Å². The van der Waals surface area contributed by atoms with Crippen molar-refractivity contribution in [1.82, 2.24) is 19.7 Å². The first-order valence-electron chi connectivity index (χ1n) is 9.17. The highest BCUT2D eigenvalue weighted by Crippen LogP contribution is 2.38. The Hall–Kier alpha value is -2.41. The molecule has 7 heteroatoms. The SMILES string of the molecule is COC(=O)C1CC(n2cc(-c3cccc(N4CCN(C)CC4)n3)cn2)C1. The second-order valence-corrected chi connectivity index (χ2v) is 7.23. The van der Waals surface area contributed by atoms with E-state index in [1.807, 2.05) is 23.1 Å². The van der Waals surface area contributed by atoms with Gasteiger partial charge in [0.2, 0.25) is 0 Å². The number of carbonyl (C=O) groups excluding carboxylic acids is 1. The average molecular weight is 355 g/mol. The van der Waals surface area contributed by atoms with Crippen LogP contribution in [0.5, 0.6) is 0 Å². The maximum atomic E-state index is 11.5. The number of hydrogen-bond acceptors (Lipinski definition) is 6. The standard InChI is InChI=1S/C19H25N5O2/c1-22-6-8-23(9-7-22)18-5-3-4-17(21-18)15-12-20-24(13-15)16-10-14(11-16)19(25)26-2/h3-5,12-14,16H,6-11H2,1-2H3. The first-order chi connectivity index (χ1) is 12.6. The number of carbonyl (C=O) groups is 1. The van der Waals surface area contributed by atoms with Crippen molar-refractivity contribution in [3.8, 4) is 11.3 Å². The monoisotopic (exact) mass is 355 g/mol. The number of esters is 1. The predicted octanol–water partition coefficient (Wildman–Crippen LogP) is 1.82. The summed E-state index contributed by atoms with van der Waals surface area (Å²) in [6.07, 6.45) is 5.49. The van der Waals surface area contributed by atoms with Gasteiger partial charge in [0, 0.05) is 37.9 Å². The number of pyridine rings is 1. The van der Waals surface area contributed by atoms with Gasteiger partial charge in [-0.3, -0.25) is 9.48 Å². The van der Waals surface area contributed by atoms with Gasteiger partial charge in [0.05, 0.1) is 31.0 Å². The Morgan fingerprint density at radius 3 is 2.69 bits per heavy atom. The topological polar surface area (TPSA) is 63.5 Å². The van der Waals surface area contributed by atoms with Crippen molar-refractivity contribution in [3.63, 3.8) is 0 Å². The second-order valence-electron chi connectivity index (χ2n) is 7.23. The van der Waals surface area contributed by atoms with E-state index in [9.17, 15) is 4.79 Å². The summed E-state index contributed by atoms with van der Waals surface area (Å²) in [5.41, 5.74) is 1.96. The molecule has 0 atom stereocenters. The second kappa shape index (κ2) is 7.07. The van der Waals surface area contributed by atoms with Crippen LogP contribution in [0.4, 0.5) is 5.82 Å². The molecule has 0 aromatic carbocycles. The molecular formula is C19H25N5O2. The molecule has 0 N–H and O–H groups in total. The van der Waals surface area contributed by atoms with Gasteiger partial charge in [0.1, 0.15) is 5.82 Å². The molecule has 0 unspecified atom stereocenters. The number of anilines is 1. The molecule has 2 aliphatic rings. The van der Waals surface area contributed by atoms with E-state index in [0.29, 0.717) is 0 Å². The fourth-order valence-corrected chi connectivity index (χ4v) is 3.63. The van der Waals surface area contributed by atoms with Crippen molar-refractivity contribution in [1.29, 1.82) is 0 Å². The zero-order valence-electron chi connectivity index (χ0n) is 15.3. The van der Waals surface area contributed by atoms with Crippen LogP contribution in [0.25, 0.3) is 11.3 Å². The van der Waals surface area contributed by atoms with Crippen molar-refractivity contribution in [2.24, 2.45) is 5.92 Å². The van der Waals surface area contributed by atoms with E-state index in [2.05, 4.69) is 34.1 Å². The first-order valence-corrected chi connectivity index (χ1v) is 9.17. The molecule has 2 aromatic heterocycles. The van der Waals surface area contributed by atoms with Gasteiger partial charge >= 0.3 is 5.97 Å². The van der Waals surface area contributed by atoms with Crippen LogP contribution in [0, 0.1) is 5.92 Å². The zero-order valence-corrected chi connectivity index (χ0v) is 15.3. The van der Waals surface area contributed by atoms with Crippen LogP contribution in [-0.4, -0.2) is 66.0 Å². The third-order valence-corrected chi connectivity index (χ3v) is 5.48. The van der Waals surface area contributed by atoms with Gasteiger partial charge in [0.15, 0.2) is 0 Å². The Balaban J connectivity index is 1.45. The molecule has 1 saturated carbocycles. The quantitative estimate of drug-likeness (QED) is 0.780. The van der Waals surface area contributed by atoms with Gasteiger partial charge in [-0.1, -0.05) is 6.07 Å². The Labute approximate surface area is 153 Å². The summed E-state index contributed by atoms with van der Waals surface area (Å²) in [6.45, 7) is 4.13. The normalized spacial score (nSPS) is 23.5. The highest BCUT2D eigenvalue weighted by Gasteiger charge is 2.36. The Kier molecular flexibility index (Phi) is 4.63. The number of rotatable bonds is 4. The maximum absolute atomic E-state index is 11.5. The van der Waals surface area contributed by atoms with Crippen molar-refractivity contribution < 1.29 is 9.53 Å². The van der Waals surface area contributed by atoms with E-state index in [-0.39, 0.29) is 17.9 Å². The number of piperazine rings is 1. The van der Waals surface area contributed by atoms with Crippen LogP contribution >= 0.6 is 0 Å². The van der Waals surface area contributed by atoms with Crippen LogP contribution < -0.4 is 4.90 Å². The minimum absolute atomic E-state index is 0.0105. The highest BCUT2D eigenvalue weighted by molar-refractivity contribution is 5.73.